The van der Waals surface area contributed by atoms with Gasteiger partial charge in [-0.3, -0.25) is 0 Å². The van der Waals surface area contributed by atoms with Gasteiger partial charge in [0.2, 0.25) is 0 Å². The molecule has 10 rings (SSSR count). The Hall–Kier alpha value is -6.59. The summed E-state index contributed by atoms with van der Waals surface area (Å²) in [5.74, 6) is 2.72. The molecule has 0 amide bonds. The lowest BCUT2D eigenvalue weighted by molar-refractivity contribution is 0.225. The summed E-state index contributed by atoms with van der Waals surface area (Å²) in [6.45, 7) is 0. The van der Waals surface area contributed by atoms with E-state index in [4.69, 9.17) is 19.7 Å². The lowest BCUT2D eigenvalue weighted by Gasteiger charge is -2.22. The molecule has 3 heterocycles. The van der Waals surface area contributed by atoms with Crippen LogP contribution in [0.4, 0.5) is 0 Å². The normalized spacial score (nSPS) is 15.7. The van der Waals surface area contributed by atoms with E-state index < -0.39 is 0 Å². The zero-order chi connectivity index (χ0) is 33.0. The molecule has 5 nitrogen and oxygen atoms in total. The number of hydrogen-bond donors (Lipinski definition) is 0. The molecule has 0 bridgehead atoms. The van der Waals surface area contributed by atoms with Crippen LogP contribution < -0.4 is 4.74 Å². The van der Waals surface area contributed by atoms with E-state index in [1.165, 1.54) is 22.0 Å². The number of hydrogen-bond acceptors (Lipinski definition) is 4. The number of rotatable bonds is 5. The molecule has 0 saturated carbocycles. The Balaban J connectivity index is 1.10. The highest BCUT2D eigenvalue weighted by Crippen LogP contribution is 2.55. The quantitative estimate of drug-likeness (QED) is 0.187. The largest absolute Gasteiger partial charge is 0.484 e. The van der Waals surface area contributed by atoms with E-state index >= 15 is 0 Å². The fourth-order valence-corrected chi connectivity index (χ4v) is 7.51. The lowest BCUT2D eigenvalue weighted by atomic mass is 9.85. The van der Waals surface area contributed by atoms with Crippen molar-refractivity contribution in [2.75, 3.05) is 0 Å². The van der Waals surface area contributed by atoms with Crippen molar-refractivity contribution in [1.29, 1.82) is 0 Å². The molecule has 0 N–H and O–H groups in total. The zero-order valence-corrected chi connectivity index (χ0v) is 27.0. The number of nitrogens with zero attached hydrogens (tertiary/aromatic N) is 4. The molecule has 1 aliphatic heterocycles. The van der Waals surface area contributed by atoms with Gasteiger partial charge in [0.25, 0.3) is 0 Å². The number of benzene rings is 6. The smallest absolute Gasteiger partial charge is 0.167 e. The van der Waals surface area contributed by atoms with Crippen LogP contribution in [0.25, 0.3) is 68.0 Å². The second-order valence-electron chi connectivity index (χ2n) is 12.7. The summed E-state index contributed by atoms with van der Waals surface area (Å²) in [6, 6.07) is 54.4. The fraction of sp³-hybridized carbons (Fsp3) is 0.0444. The van der Waals surface area contributed by atoms with E-state index in [1.807, 2.05) is 36.4 Å². The van der Waals surface area contributed by atoms with Crippen molar-refractivity contribution in [2.45, 2.75) is 12.0 Å². The predicted molar refractivity (Wildman–Crippen MR) is 200 cm³/mol. The molecule has 0 saturated heterocycles. The van der Waals surface area contributed by atoms with Gasteiger partial charge in [-0.15, -0.1) is 0 Å². The van der Waals surface area contributed by atoms with Crippen LogP contribution in [0, 0.1) is 0 Å². The highest BCUT2D eigenvalue weighted by Gasteiger charge is 2.41. The Morgan fingerprint density at radius 1 is 0.500 bits per heavy atom. The topological polar surface area (TPSA) is 52.8 Å². The van der Waals surface area contributed by atoms with Crippen molar-refractivity contribution in [3.05, 3.63) is 181 Å². The lowest BCUT2D eigenvalue weighted by Crippen LogP contribution is -2.13. The molecular weight excluding hydrogens is 613 g/mol. The average Bonchev–Trinajstić information content (AvgIpc) is 3.75. The van der Waals surface area contributed by atoms with Crippen LogP contribution >= 0.6 is 0 Å². The molecule has 1 aliphatic carbocycles. The fourth-order valence-electron chi connectivity index (χ4n) is 7.51. The number of ether oxygens (including phenoxy) is 1. The van der Waals surface area contributed by atoms with E-state index in [1.54, 1.807) is 0 Å². The van der Waals surface area contributed by atoms with E-state index in [-0.39, 0.29) is 12.0 Å². The van der Waals surface area contributed by atoms with E-state index in [2.05, 4.69) is 138 Å². The zero-order valence-electron chi connectivity index (χ0n) is 27.0. The van der Waals surface area contributed by atoms with Crippen molar-refractivity contribution < 1.29 is 4.74 Å². The predicted octanol–water partition coefficient (Wildman–Crippen LogP) is 10.7. The molecule has 0 radical (unpaired) electrons. The average molecular weight is 643 g/mol. The first-order valence-corrected chi connectivity index (χ1v) is 16.9. The third-order valence-electron chi connectivity index (χ3n) is 9.85. The van der Waals surface area contributed by atoms with Crippen molar-refractivity contribution in [3.63, 3.8) is 0 Å². The molecule has 0 fully saturated rings. The van der Waals surface area contributed by atoms with Gasteiger partial charge < -0.3 is 9.30 Å². The summed E-state index contributed by atoms with van der Waals surface area (Å²) in [6.07, 6.45) is 4.38. The minimum atomic E-state index is -0.179. The minimum Gasteiger partial charge on any atom is -0.484 e. The number of aromatic nitrogens is 4. The van der Waals surface area contributed by atoms with Gasteiger partial charge in [-0.25, -0.2) is 15.0 Å². The Morgan fingerprint density at radius 2 is 1.08 bits per heavy atom. The van der Waals surface area contributed by atoms with Gasteiger partial charge in [-0.1, -0.05) is 140 Å². The molecule has 2 aliphatic rings. The summed E-state index contributed by atoms with van der Waals surface area (Å²) in [5.41, 5.74) is 10.8. The summed E-state index contributed by atoms with van der Waals surface area (Å²) in [7, 11) is 0. The number of fused-ring (bicyclic) bond motifs is 7. The number of para-hydroxylation sites is 3. The highest BCUT2D eigenvalue weighted by atomic mass is 16.5. The molecule has 2 unspecified atom stereocenters. The third kappa shape index (κ3) is 4.59. The first-order chi connectivity index (χ1) is 24.8. The Labute approximate surface area is 289 Å². The summed E-state index contributed by atoms with van der Waals surface area (Å²) < 4.78 is 9.42. The molecule has 2 aromatic heterocycles. The van der Waals surface area contributed by atoms with Crippen LogP contribution in [0.1, 0.15) is 28.8 Å². The van der Waals surface area contributed by atoms with E-state index in [0.29, 0.717) is 17.5 Å². The maximum absolute atomic E-state index is 7.07. The van der Waals surface area contributed by atoms with Gasteiger partial charge in [0.1, 0.15) is 11.9 Å². The molecule has 6 aromatic carbocycles. The standard InChI is InChI=1S/C45H30N4O/c1-4-13-29(14-5-1)30-23-25-32(26-24-30)44-46-43(31-15-6-2-7-16-31)47-45(48-44)37-21-12-20-34-35-27-28-39-40(42(35)50-41(34)37)36-19-10-11-22-38(36)49(39)33-17-8-3-9-18-33/h1-28,35,42H. The summed E-state index contributed by atoms with van der Waals surface area (Å²) in [5, 5.41) is 1.20. The molecule has 50 heavy (non-hydrogen) atoms. The Bertz CT molecular complexity index is 2560. The molecule has 5 heteroatoms. The SMILES string of the molecule is C1=CC2c3cccc(-c4nc(-c5ccccc5)nc(-c5ccc(-c6ccccc6)cc5)n4)c3OC2c2c1n(-c1ccccc1)c1ccccc21. The van der Waals surface area contributed by atoms with Gasteiger partial charge in [0.05, 0.1) is 16.8 Å². The second-order valence-corrected chi connectivity index (χ2v) is 12.7. The third-order valence-corrected chi connectivity index (χ3v) is 9.85. The van der Waals surface area contributed by atoms with Crippen LogP contribution in [0.5, 0.6) is 5.75 Å². The van der Waals surface area contributed by atoms with Crippen LogP contribution in [-0.2, 0) is 0 Å². The van der Waals surface area contributed by atoms with Crippen LogP contribution in [-0.4, -0.2) is 19.5 Å². The highest BCUT2D eigenvalue weighted by molar-refractivity contribution is 5.92. The van der Waals surface area contributed by atoms with Gasteiger partial charge in [-0.05, 0) is 41.5 Å². The van der Waals surface area contributed by atoms with Gasteiger partial charge >= 0.3 is 0 Å². The molecule has 0 spiro atoms. The van der Waals surface area contributed by atoms with Crippen LogP contribution in [0.15, 0.2) is 164 Å². The Morgan fingerprint density at radius 3 is 1.82 bits per heavy atom. The maximum atomic E-state index is 7.07. The summed E-state index contributed by atoms with van der Waals surface area (Å²) >= 11 is 0. The van der Waals surface area contributed by atoms with Crippen molar-refractivity contribution in [1.82, 2.24) is 19.5 Å². The monoisotopic (exact) mass is 642 g/mol. The minimum absolute atomic E-state index is 0.0629. The van der Waals surface area contributed by atoms with Gasteiger partial charge in [0.15, 0.2) is 17.5 Å². The van der Waals surface area contributed by atoms with Gasteiger partial charge in [0, 0.05) is 39.2 Å². The van der Waals surface area contributed by atoms with Crippen molar-refractivity contribution >= 4 is 17.0 Å². The van der Waals surface area contributed by atoms with Crippen molar-refractivity contribution in [2.24, 2.45) is 0 Å². The van der Waals surface area contributed by atoms with Crippen molar-refractivity contribution in [3.8, 4) is 56.7 Å². The molecular formula is C45H30N4O. The Kier molecular flexibility index (Phi) is 6.56. The molecule has 8 aromatic rings. The van der Waals surface area contributed by atoms with Crippen LogP contribution in [0.2, 0.25) is 0 Å². The van der Waals surface area contributed by atoms with E-state index in [0.717, 1.165) is 44.9 Å². The summed E-state index contributed by atoms with van der Waals surface area (Å²) in [4.78, 5) is 15.2. The second kappa shape index (κ2) is 11.5. The van der Waals surface area contributed by atoms with Crippen LogP contribution in [0.3, 0.4) is 0 Å². The van der Waals surface area contributed by atoms with E-state index in [9.17, 15) is 0 Å². The maximum Gasteiger partial charge on any atom is 0.167 e. The first kappa shape index (κ1) is 28.4. The molecule has 236 valence electrons. The van der Waals surface area contributed by atoms with Gasteiger partial charge in [-0.2, -0.15) is 0 Å². The first-order valence-electron chi connectivity index (χ1n) is 16.9. The molecule has 2 atom stereocenters.